The molecule has 2 amide bonds. The van der Waals surface area contributed by atoms with E-state index in [-0.39, 0.29) is 29.4 Å². The molecular weight excluding hydrogens is 636 g/mol. The van der Waals surface area contributed by atoms with E-state index < -0.39 is 23.9 Å². The Hall–Kier alpha value is -5.64. The maximum Gasteiger partial charge on any atom is 0.343 e. The molecule has 0 aliphatic rings. The number of unbranched alkanes of at least 4 members (excludes halogenated alkanes) is 4. The third kappa shape index (κ3) is 11.8. The number of carboxylic acid groups (broad SMARTS) is 1. The van der Waals surface area contributed by atoms with Crippen LogP contribution in [0.4, 0.5) is 5.69 Å². The van der Waals surface area contributed by atoms with Gasteiger partial charge < -0.3 is 30.0 Å². The smallest absolute Gasteiger partial charge is 0.343 e. The molecule has 0 aromatic heterocycles. The SMILES string of the molecule is CCCCCCCOc1ccc(C(=O)Oc2ccc(CC(NC(=O)c3ccc(NC(=O)CCc4ccccc4)cc3)C(=O)O)cc2OC)cc1. The van der Waals surface area contributed by atoms with E-state index >= 15 is 0 Å². The number of benzene rings is 4. The minimum atomic E-state index is -1.25. The predicted octanol–water partition coefficient (Wildman–Crippen LogP) is 7.26. The predicted molar refractivity (Wildman–Crippen MR) is 191 cm³/mol. The van der Waals surface area contributed by atoms with E-state index in [0.717, 1.165) is 18.4 Å². The molecule has 0 radical (unpaired) electrons. The average molecular weight is 681 g/mol. The monoisotopic (exact) mass is 680 g/mol. The van der Waals surface area contributed by atoms with Crippen molar-refractivity contribution in [1.29, 1.82) is 0 Å². The highest BCUT2D eigenvalue weighted by molar-refractivity contribution is 5.97. The van der Waals surface area contributed by atoms with E-state index in [9.17, 15) is 24.3 Å². The molecule has 50 heavy (non-hydrogen) atoms. The molecule has 0 saturated heterocycles. The molecule has 10 heteroatoms. The highest BCUT2D eigenvalue weighted by Gasteiger charge is 2.23. The van der Waals surface area contributed by atoms with Gasteiger partial charge in [-0.1, -0.05) is 69.0 Å². The highest BCUT2D eigenvalue weighted by atomic mass is 16.6. The lowest BCUT2D eigenvalue weighted by Crippen LogP contribution is -2.42. The first-order chi connectivity index (χ1) is 24.2. The molecule has 0 bridgehead atoms. The number of aryl methyl sites for hydroxylation is 1. The second-order valence-electron chi connectivity index (χ2n) is 11.8. The third-order valence-electron chi connectivity index (χ3n) is 7.99. The second-order valence-corrected chi connectivity index (χ2v) is 11.8. The van der Waals surface area contributed by atoms with Gasteiger partial charge in [-0.3, -0.25) is 9.59 Å². The fraction of sp³-hybridized carbons (Fsp3) is 0.300. The van der Waals surface area contributed by atoms with Crippen molar-refractivity contribution >= 4 is 29.4 Å². The molecule has 3 N–H and O–H groups in total. The van der Waals surface area contributed by atoms with Crippen molar-refractivity contribution in [2.24, 2.45) is 0 Å². The number of amides is 2. The Bertz CT molecular complexity index is 1710. The summed E-state index contributed by atoms with van der Waals surface area (Å²) in [5, 5.41) is 15.2. The molecule has 262 valence electrons. The van der Waals surface area contributed by atoms with E-state index in [1.165, 1.54) is 44.6 Å². The van der Waals surface area contributed by atoms with Crippen molar-refractivity contribution in [2.45, 2.75) is 64.3 Å². The number of anilines is 1. The van der Waals surface area contributed by atoms with E-state index in [0.29, 0.717) is 42.0 Å². The van der Waals surface area contributed by atoms with Crippen LogP contribution in [0, 0.1) is 0 Å². The molecule has 0 aliphatic heterocycles. The topological polar surface area (TPSA) is 140 Å². The fourth-order valence-electron chi connectivity index (χ4n) is 5.17. The highest BCUT2D eigenvalue weighted by Crippen LogP contribution is 2.30. The summed E-state index contributed by atoms with van der Waals surface area (Å²) >= 11 is 0. The summed E-state index contributed by atoms with van der Waals surface area (Å²) in [7, 11) is 1.41. The lowest BCUT2D eigenvalue weighted by atomic mass is 10.0. The van der Waals surface area contributed by atoms with Crippen molar-refractivity contribution in [3.63, 3.8) is 0 Å². The zero-order chi connectivity index (χ0) is 35.7. The molecule has 1 atom stereocenters. The van der Waals surface area contributed by atoms with Crippen LogP contribution < -0.4 is 24.8 Å². The van der Waals surface area contributed by atoms with Crippen molar-refractivity contribution in [3.05, 3.63) is 119 Å². The maximum absolute atomic E-state index is 12.9. The van der Waals surface area contributed by atoms with Gasteiger partial charge in [-0.15, -0.1) is 0 Å². The minimum Gasteiger partial charge on any atom is -0.494 e. The van der Waals surface area contributed by atoms with Gasteiger partial charge in [0.05, 0.1) is 19.3 Å². The summed E-state index contributed by atoms with van der Waals surface area (Å²) in [6.45, 7) is 2.80. The number of methoxy groups -OCH3 is 1. The lowest BCUT2D eigenvalue weighted by molar-refractivity contribution is -0.139. The molecule has 0 saturated carbocycles. The van der Waals surface area contributed by atoms with Crippen LogP contribution in [0.2, 0.25) is 0 Å². The van der Waals surface area contributed by atoms with Crippen LogP contribution in [0.1, 0.15) is 77.3 Å². The lowest BCUT2D eigenvalue weighted by Gasteiger charge is -2.16. The van der Waals surface area contributed by atoms with Gasteiger partial charge in [-0.05, 0) is 84.6 Å². The van der Waals surface area contributed by atoms with Crippen LogP contribution in [-0.4, -0.2) is 48.6 Å². The molecule has 10 nitrogen and oxygen atoms in total. The van der Waals surface area contributed by atoms with Gasteiger partial charge in [-0.25, -0.2) is 9.59 Å². The van der Waals surface area contributed by atoms with E-state index in [2.05, 4.69) is 17.6 Å². The molecule has 0 spiro atoms. The summed E-state index contributed by atoms with van der Waals surface area (Å²) in [6.07, 6.45) is 6.57. The Morgan fingerprint density at radius 3 is 2.14 bits per heavy atom. The van der Waals surface area contributed by atoms with Crippen molar-refractivity contribution in [2.75, 3.05) is 19.0 Å². The van der Waals surface area contributed by atoms with Crippen LogP contribution in [0.25, 0.3) is 0 Å². The molecule has 1 unspecified atom stereocenters. The van der Waals surface area contributed by atoms with Crippen LogP contribution >= 0.6 is 0 Å². The fourth-order valence-corrected chi connectivity index (χ4v) is 5.17. The summed E-state index contributed by atoms with van der Waals surface area (Å²) in [5.74, 6) is -1.48. The van der Waals surface area contributed by atoms with Crippen molar-refractivity contribution in [3.8, 4) is 17.2 Å². The van der Waals surface area contributed by atoms with Crippen LogP contribution in [0.3, 0.4) is 0 Å². The number of esters is 1. The molecule has 0 fully saturated rings. The van der Waals surface area contributed by atoms with Gasteiger partial charge in [0.15, 0.2) is 11.5 Å². The maximum atomic E-state index is 12.9. The van der Waals surface area contributed by atoms with Crippen LogP contribution in [0.5, 0.6) is 17.2 Å². The Morgan fingerprint density at radius 2 is 1.46 bits per heavy atom. The molecular formula is C40H44N2O8. The Labute approximate surface area is 292 Å². The normalized spacial score (nSPS) is 11.2. The summed E-state index contributed by atoms with van der Waals surface area (Å²) in [6, 6.07) is 26.1. The van der Waals surface area contributed by atoms with Crippen molar-refractivity contribution in [1.82, 2.24) is 5.32 Å². The number of nitrogens with one attached hydrogen (secondary N) is 2. The van der Waals surface area contributed by atoms with Crippen LogP contribution in [-0.2, 0) is 22.4 Å². The number of rotatable bonds is 19. The van der Waals surface area contributed by atoms with E-state index in [4.69, 9.17) is 14.2 Å². The van der Waals surface area contributed by atoms with Crippen LogP contribution in [0.15, 0.2) is 97.1 Å². The summed E-state index contributed by atoms with van der Waals surface area (Å²) in [5.41, 5.74) is 2.70. The number of hydrogen-bond donors (Lipinski definition) is 3. The largest absolute Gasteiger partial charge is 0.494 e. The summed E-state index contributed by atoms with van der Waals surface area (Å²) < 4.78 is 16.8. The van der Waals surface area contributed by atoms with Gasteiger partial charge >= 0.3 is 11.9 Å². The van der Waals surface area contributed by atoms with Crippen molar-refractivity contribution < 1.29 is 38.5 Å². The Kier molecular flexibility index (Phi) is 14.4. The molecule has 4 aromatic rings. The third-order valence-corrected chi connectivity index (χ3v) is 7.99. The molecule has 0 heterocycles. The standard InChI is InChI=1S/C40H44N2O8/c1-3-4-5-6-10-25-49-33-21-17-31(18-22-33)40(47)50-35-23-13-29(27-36(35)48-2)26-34(39(45)46)42-38(44)30-15-19-32(20-16-30)41-37(43)24-14-28-11-8-7-9-12-28/h7-9,11-13,15-23,27,34H,3-6,10,14,24-26H2,1-2H3,(H,41,43)(H,42,44)(H,45,46). The van der Waals surface area contributed by atoms with E-state index in [1.807, 2.05) is 30.3 Å². The Balaban J connectivity index is 1.29. The second kappa shape index (κ2) is 19.4. The Morgan fingerprint density at radius 1 is 0.760 bits per heavy atom. The molecule has 0 aliphatic carbocycles. The number of aliphatic carboxylic acids is 1. The first kappa shape index (κ1) is 37.2. The molecule has 4 aromatic carbocycles. The van der Waals surface area contributed by atoms with Gasteiger partial charge in [0.2, 0.25) is 5.91 Å². The number of ether oxygens (including phenoxy) is 3. The minimum absolute atomic E-state index is 0.0543. The number of carboxylic acids is 1. The van der Waals surface area contributed by atoms with Gasteiger partial charge in [-0.2, -0.15) is 0 Å². The number of carbonyl (C=O) groups excluding carboxylic acids is 3. The zero-order valence-electron chi connectivity index (χ0n) is 28.5. The zero-order valence-corrected chi connectivity index (χ0v) is 28.5. The average Bonchev–Trinajstić information content (AvgIpc) is 3.13. The van der Waals surface area contributed by atoms with Gasteiger partial charge in [0.1, 0.15) is 11.8 Å². The van der Waals surface area contributed by atoms with E-state index in [1.54, 1.807) is 48.5 Å². The number of carbonyl (C=O) groups is 4. The quantitative estimate of drug-likeness (QED) is 0.0534. The summed E-state index contributed by atoms with van der Waals surface area (Å²) in [4.78, 5) is 50.3. The first-order valence-electron chi connectivity index (χ1n) is 16.8. The van der Waals surface area contributed by atoms with Gasteiger partial charge in [0.25, 0.3) is 5.91 Å². The van der Waals surface area contributed by atoms with Gasteiger partial charge in [0, 0.05) is 24.1 Å². The molecule has 4 rings (SSSR count). The first-order valence-corrected chi connectivity index (χ1v) is 16.8. The number of hydrogen-bond acceptors (Lipinski definition) is 7.